The Morgan fingerprint density at radius 1 is 1.58 bits per heavy atom. The van der Waals surface area contributed by atoms with Gasteiger partial charge in [-0.2, -0.15) is 5.10 Å². The summed E-state index contributed by atoms with van der Waals surface area (Å²) in [6.07, 6.45) is 3.17. The molecule has 0 bridgehead atoms. The predicted molar refractivity (Wildman–Crippen MR) is 51.8 cm³/mol. The van der Waals surface area contributed by atoms with Crippen molar-refractivity contribution in [3.05, 3.63) is 17.5 Å². The van der Waals surface area contributed by atoms with Gasteiger partial charge in [-0.25, -0.2) is 0 Å². The van der Waals surface area contributed by atoms with E-state index in [1.807, 2.05) is 0 Å². The van der Waals surface area contributed by atoms with Gasteiger partial charge in [0.2, 0.25) is 0 Å². The Kier molecular flexibility index (Phi) is 1.88. The molecule has 0 saturated heterocycles. The molecule has 0 spiro atoms. The number of rotatable bonds is 0. The maximum Gasteiger partial charge on any atom is 0.193 e. The van der Waals surface area contributed by atoms with Crippen LogP contribution in [-0.4, -0.2) is 19.2 Å². The summed E-state index contributed by atoms with van der Waals surface area (Å²) in [5.41, 5.74) is 1.63. The van der Waals surface area contributed by atoms with Gasteiger partial charge in [-0.1, -0.05) is 31.9 Å². The standard InChI is InChI=1S/C7H6Br2N2O/c8-7(9)2-1-5-4(6(7)12)3-10-11-5/h3H,1-2H2,(H,10,11). The van der Waals surface area contributed by atoms with Crippen molar-refractivity contribution in [1.82, 2.24) is 10.2 Å². The Labute approximate surface area is 86.2 Å². The fraction of sp³-hybridized carbons (Fsp3) is 0.429. The van der Waals surface area contributed by atoms with Crippen molar-refractivity contribution in [2.75, 3.05) is 0 Å². The number of halogens is 2. The van der Waals surface area contributed by atoms with Gasteiger partial charge in [-0.05, 0) is 12.8 Å². The SMILES string of the molecule is O=C1c2cn[nH]c2CCC1(Br)Br. The molecule has 0 aliphatic heterocycles. The van der Waals surface area contributed by atoms with Crippen molar-refractivity contribution in [2.24, 2.45) is 0 Å². The molecular formula is C7H6Br2N2O. The molecule has 0 saturated carbocycles. The zero-order valence-electron chi connectivity index (χ0n) is 6.10. The second-order valence-electron chi connectivity index (χ2n) is 2.80. The number of nitrogens with one attached hydrogen (secondary N) is 1. The molecule has 0 unspecified atom stereocenters. The molecular weight excluding hydrogens is 288 g/mol. The summed E-state index contributed by atoms with van der Waals surface area (Å²) < 4.78 is -0.573. The van der Waals surface area contributed by atoms with Crippen LogP contribution >= 0.6 is 31.9 Å². The molecule has 1 aromatic heterocycles. The van der Waals surface area contributed by atoms with Crippen LogP contribution < -0.4 is 0 Å². The minimum absolute atomic E-state index is 0.0532. The normalized spacial score (nSPS) is 20.7. The number of H-pyrrole nitrogens is 1. The topological polar surface area (TPSA) is 45.8 Å². The molecule has 64 valence electrons. The second kappa shape index (κ2) is 2.67. The summed E-state index contributed by atoms with van der Waals surface area (Å²) in [7, 11) is 0. The maximum atomic E-state index is 11.6. The first-order valence-corrected chi connectivity index (χ1v) is 5.15. The first-order valence-electron chi connectivity index (χ1n) is 3.56. The van der Waals surface area contributed by atoms with E-state index in [1.165, 1.54) is 0 Å². The Balaban J connectivity index is 2.49. The second-order valence-corrected chi connectivity index (χ2v) is 6.57. The Morgan fingerprint density at radius 2 is 2.33 bits per heavy atom. The predicted octanol–water partition coefficient (Wildman–Crippen LogP) is 2.02. The van der Waals surface area contributed by atoms with Crippen LogP contribution in [-0.2, 0) is 6.42 Å². The highest BCUT2D eigenvalue weighted by atomic mass is 79.9. The van der Waals surface area contributed by atoms with Crippen LogP contribution in [0.3, 0.4) is 0 Å². The zero-order valence-corrected chi connectivity index (χ0v) is 9.27. The van der Waals surface area contributed by atoms with E-state index in [-0.39, 0.29) is 5.78 Å². The number of aryl methyl sites for hydroxylation is 1. The first kappa shape index (κ1) is 8.44. The van der Waals surface area contributed by atoms with Gasteiger partial charge in [0.1, 0.15) is 3.23 Å². The molecule has 1 heterocycles. The van der Waals surface area contributed by atoms with Crippen molar-refractivity contribution in [1.29, 1.82) is 0 Å². The lowest BCUT2D eigenvalue weighted by atomic mass is 9.97. The van der Waals surface area contributed by atoms with Gasteiger partial charge in [-0.3, -0.25) is 9.89 Å². The van der Waals surface area contributed by atoms with Crippen LogP contribution in [0.5, 0.6) is 0 Å². The summed E-state index contributed by atoms with van der Waals surface area (Å²) in [4.78, 5) is 11.6. The van der Waals surface area contributed by atoms with Gasteiger partial charge in [0.05, 0.1) is 11.8 Å². The molecule has 12 heavy (non-hydrogen) atoms. The lowest BCUT2D eigenvalue weighted by Crippen LogP contribution is -2.30. The van der Waals surface area contributed by atoms with Gasteiger partial charge in [0.25, 0.3) is 0 Å². The van der Waals surface area contributed by atoms with Crippen molar-refractivity contribution in [2.45, 2.75) is 16.1 Å². The third kappa shape index (κ3) is 1.15. The first-order chi connectivity index (χ1) is 5.61. The number of aromatic amines is 1. The summed E-state index contributed by atoms with van der Waals surface area (Å²) >= 11 is 6.68. The zero-order chi connectivity index (χ0) is 8.77. The van der Waals surface area contributed by atoms with Crippen LogP contribution in [0.4, 0.5) is 0 Å². The van der Waals surface area contributed by atoms with Gasteiger partial charge in [0, 0.05) is 5.69 Å². The molecule has 5 heteroatoms. The fourth-order valence-corrected chi connectivity index (χ4v) is 2.12. The summed E-state index contributed by atoms with van der Waals surface area (Å²) in [6.45, 7) is 0. The Morgan fingerprint density at radius 3 is 3.08 bits per heavy atom. The van der Waals surface area contributed by atoms with Gasteiger partial charge in [-0.15, -0.1) is 0 Å². The van der Waals surface area contributed by atoms with E-state index in [2.05, 4.69) is 42.1 Å². The highest BCUT2D eigenvalue weighted by molar-refractivity contribution is 9.26. The Hall–Kier alpha value is -0.160. The Bertz CT molecular complexity index is 332. The monoisotopic (exact) mass is 292 g/mol. The fourth-order valence-electron chi connectivity index (χ4n) is 1.29. The molecule has 1 aromatic rings. The van der Waals surface area contributed by atoms with Crippen molar-refractivity contribution < 1.29 is 4.79 Å². The summed E-state index contributed by atoms with van der Waals surface area (Å²) in [6, 6.07) is 0. The minimum Gasteiger partial charge on any atom is -0.291 e. The van der Waals surface area contributed by atoms with E-state index in [9.17, 15) is 4.79 Å². The number of carbonyl (C=O) groups is 1. The number of alkyl halides is 2. The molecule has 2 rings (SSSR count). The number of nitrogens with zero attached hydrogens (tertiary/aromatic N) is 1. The highest BCUT2D eigenvalue weighted by Gasteiger charge is 2.38. The largest absolute Gasteiger partial charge is 0.291 e. The molecule has 0 radical (unpaired) electrons. The number of ketones is 1. The summed E-state index contributed by atoms with van der Waals surface area (Å²) in [5.74, 6) is 0.0532. The average Bonchev–Trinajstić information content (AvgIpc) is 2.45. The van der Waals surface area contributed by atoms with Crippen LogP contribution in [0.1, 0.15) is 22.5 Å². The molecule has 1 aliphatic carbocycles. The number of aromatic nitrogens is 2. The molecule has 0 atom stereocenters. The lowest BCUT2D eigenvalue weighted by Gasteiger charge is -2.22. The molecule has 0 amide bonds. The van der Waals surface area contributed by atoms with Crippen LogP contribution in [0.25, 0.3) is 0 Å². The van der Waals surface area contributed by atoms with Crippen LogP contribution in [0.2, 0.25) is 0 Å². The van der Waals surface area contributed by atoms with Crippen molar-refractivity contribution >= 4 is 37.6 Å². The van der Waals surface area contributed by atoms with E-state index in [0.717, 1.165) is 18.5 Å². The quantitative estimate of drug-likeness (QED) is 0.744. The molecule has 0 aromatic carbocycles. The van der Waals surface area contributed by atoms with Gasteiger partial charge < -0.3 is 0 Å². The molecule has 3 nitrogen and oxygen atoms in total. The maximum absolute atomic E-state index is 11.6. The van der Waals surface area contributed by atoms with E-state index in [4.69, 9.17) is 0 Å². The van der Waals surface area contributed by atoms with Crippen LogP contribution in [0, 0.1) is 0 Å². The third-order valence-electron chi connectivity index (χ3n) is 1.98. The number of Topliss-reactive ketones (excluding diaryl/α,β-unsaturated/α-hetero) is 1. The number of fused-ring (bicyclic) bond motifs is 1. The molecule has 0 fully saturated rings. The number of carbonyl (C=O) groups excluding carboxylic acids is 1. The minimum atomic E-state index is -0.573. The molecule has 1 N–H and O–H groups in total. The summed E-state index contributed by atoms with van der Waals surface area (Å²) in [5, 5.41) is 6.65. The van der Waals surface area contributed by atoms with Gasteiger partial charge >= 0.3 is 0 Å². The average molecular weight is 294 g/mol. The number of hydrogen-bond donors (Lipinski definition) is 1. The van der Waals surface area contributed by atoms with E-state index < -0.39 is 3.23 Å². The van der Waals surface area contributed by atoms with E-state index in [1.54, 1.807) is 6.20 Å². The van der Waals surface area contributed by atoms with Crippen molar-refractivity contribution in [3.8, 4) is 0 Å². The molecule has 1 aliphatic rings. The van der Waals surface area contributed by atoms with E-state index in [0.29, 0.717) is 5.56 Å². The number of hydrogen-bond acceptors (Lipinski definition) is 2. The van der Waals surface area contributed by atoms with Crippen molar-refractivity contribution in [3.63, 3.8) is 0 Å². The highest BCUT2D eigenvalue weighted by Crippen LogP contribution is 2.39. The third-order valence-corrected chi connectivity index (χ3v) is 3.50. The van der Waals surface area contributed by atoms with Crippen LogP contribution in [0.15, 0.2) is 6.20 Å². The van der Waals surface area contributed by atoms with E-state index >= 15 is 0 Å². The lowest BCUT2D eigenvalue weighted by molar-refractivity contribution is 0.0972. The van der Waals surface area contributed by atoms with Gasteiger partial charge in [0.15, 0.2) is 5.78 Å². The smallest absolute Gasteiger partial charge is 0.193 e.